The second-order valence-electron chi connectivity index (χ2n) is 4.40. The highest BCUT2D eigenvalue weighted by molar-refractivity contribution is 5.97. The van der Waals surface area contributed by atoms with Gasteiger partial charge >= 0.3 is 0 Å². The predicted molar refractivity (Wildman–Crippen MR) is 75.1 cm³/mol. The van der Waals surface area contributed by atoms with E-state index in [9.17, 15) is 4.79 Å². The van der Waals surface area contributed by atoms with Gasteiger partial charge in [0.25, 0.3) is 0 Å². The lowest BCUT2D eigenvalue weighted by Gasteiger charge is -2.10. The van der Waals surface area contributed by atoms with Gasteiger partial charge in [0.05, 0.1) is 0 Å². The van der Waals surface area contributed by atoms with Gasteiger partial charge in [0, 0.05) is 16.9 Å². The number of anilines is 2. The summed E-state index contributed by atoms with van der Waals surface area (Å²) in [6.07, 6.45) is 4.15. The second kappa shape index (κ2) is 4.15. The molecule has 0 aliphatic carbocycles. The minimum Gasteiger partial charge on any atom is -0.355 e. The van der Waals surface area contributed by atoms with Crippen LogP contribution in [-0.2, 0) is 0 Å². The predicted octanol–water partition coefficient (Wildman–Crippen LogP) is 4.12. The van der Waals surface area contributed by atoms with Gasteiger partial charge in [0.1, 0.15) is 0 Å². The minimum atomic E-state index is 0.0844. The number of Topliss-reactive ketones (excluding diaryl/α,β-unsaturated/α-hetero) is 1. The fourth-order valence-corrected chi connectivity index (χ4v) is 2.11. The van der Waals surface area contributed by atoms with Gasteiger partial charge in [0.2, 0.25) is 0 Å². The molecule has 0 fully saturated rings. The number of hydrogen-bond acceptors (Lipinski definition) is 2. The molecule has 0 unspecified atom stereocenters. The summed E-state index contributed by atoms with van der Waals surface area (Å²) in [4.78, 5) is 11.4. The Labute approximate surface area is 106 Å². The largest absolute Gasteiger partial charge is 0.355 e. The molecule has 2 nitrogen and oxygen atoms in total. The lowest BCUT2D eigenvalue weighted by Crippen LogP contribution is -1.97. The highest BCUT2D eigenvalue weighted by Gasteiger charge is 2.09. The Morgan fingerprint density at radius 3 is 2.44 bits per heavy atom. The number of ketones is 1. The fraction of sp³-hybridized carbons (Fsp3) is 0.0625. The number of carbonyl (C=O) groups is 1. The van der Waals surface area contributed by atoms with E-state index in [0.717, 1.165) is 28.1 Å². The van der Waals surface area contributed by atoms with Crippen LogP contribution in [0.3, 0.4) is 0 Å². The zero-order valence-corrected chi connectivity index (χ0v) is 10.1. The van der Waals surface area contributed by atoms with Crippen molar-refractivity contribution < 1.29 is 4.79 Å². The first kappa shape index (κ1) is 10.8. The number of rotatable bonds is 1. The number of carbonyl (C=O) groups excluding carboxylic acids is 1. The summed E-state index contributed by atoms with van der Waals surface area (Å²) in [5.41, 5.74) is 5.01. The first-order valence-corrected chi connectivity index (χ1v) is 5.93. The third kappa shape index (κ3) is 1.82. The van der Waals surface area contributed by atoms with Crippen LogP contribution in [0.4, 0.5) is 11.4 Å². The maximum Gasteiger partial charge on any atom is 0.159 e. The summed E-state index contributed by atoms with van der Waals surface area (Å²) in [5, 5.41) is 3.38. The quantitative estimate of drug-likeness (QED) is 0.643. The summed E-state index contributed by atoms with van der Waals surface area (Å²) in [5.74, 6) is 0.0844. The molecule has 1 N–H and O–H groups in total. The zero-order chi connectivity index (χ0) is 12.5. The third-order valence-corrected chi connectivity index (χ3v) is 3.13. The van der Waals surface area contributed by atoms with E-state index >= 15 is 0 Å². The van der Waals surface area contributed by atoms with Crippen LogP contribution in [0.25, 0.3) is 12.2 Å². The van der Waals surface area contributed by atoms with Gasteiger partial charge in [0.15, 0.2) is 5.78 Å². The van der Waals surface area contributed by atoms with Crippen LogP contribution < -0.4 is 5.32 Å². The molecule has 0 spiro atoms. The van der Waals surface area contributed by atoms with Crippen molar-refractivity contribution in [1.82, 2.24) is 0 Å². The number of nitrogens with one attached hydrogen (secondary N) is 1. The lowest BCUT2D eigenvalue weighted by atomic mass is 10.1. The van der Waals surface area contributed by atoms with E-state index in [4.69, 9.17) is 0 Å². The first-order chi connectivity index (χ1) is 8.74. The molecular formula is C16H13NO. The van der Waals surface area contributed by atoms with Crippen LogP contribution in [0.5, 0.6) is 0 Å². The summed E-state index contributed by atoms with van der Waals surface area (Å²) in [6, 6.07) is 13.9. The molecule has 88 valence electrons. The average molecular weight is 235 g/mol. The smallest absolute Gasteiger partial charge is 0.159 e. The fourth-order valence-electron chi connectivity index (χ4n) is 2.11. The van der Waals surface area contributed by atoms with Crippen molar-refractivity contribution in [3.63, 3.8) is 0 Å². The maximum atomic E-state index is 11.4. The van der Waals surface area contributed by atoms with Crippen LogP contribution in [-0.4, -0.2) is 5.78 Å². The van der Waals surface area contributed by atoms with E-state index in [-0.39, 0.29) is 5.78 Å². The van der Waals surface area contributed by atoms with Crippen molar-refractivity contribution in [3.8, 4) is 0 Å². The van der Waals surface area contributed by atoms with Crippen molar-refractivity contribution in [3.05, 3.63) is 59.2 Å². The second-order valence-corrected chi connectivity index (χ2v) is 4.40. The Morgan fingerprint density at radius 2 is 1.67 bits per heavy atom. The van der Waals surface area contributed by atoms with Crippen molar-refractivity contribution in [1.29, 1.82) is 0 Å². The SMILES string of the molecule is CC(=O)c1ccc2c(c1)Nc1ccccc1C=C2. The van der Waals surface area contributed by atoms with Crippen molar-refractivity contribution >= 4 is 29.3 Å². The molecule has 18 heavy (non-hydrogen) atoms. The number of para-hydroxylation sites is 1. The van der Waals surface area contributed by atoms with Gasteiger partial charge in [-0.25, -0.2) is 0 Å². The molecule has 2 heteroatoms. The van der Waals surface area contributed by atoms with E-state index in [0.29, 0.717) is 0 Å². The summed E-state index contributed by atoms with van der Waals surface area (Å²) in [7, 11) is 0. The molecule has 1 heterocycles. The van der Waals surface area contributed by atoms with Crippen LogP contribution in [0.1, 0.15) is 28.4 Å². The summed E-state index contributed by atoms with van der Waals surface area (Å²) >= 11 is 0. The van der Waals surface area contributed by atoms with Crippen LogP contribution in [0.2, 0.25) is 0 Å². The van der Waals surface area contributed by atoms with Crippen molar-refractivity contribution in [2.75, 3.05) is 5.32 Å². The molecule has 1 aliphatic rings. The molecule has 0 saturated heterocycles. The van der Waals surface area contributed by atoms with Gasteiger partial charge in [-0.1, -0.05) is 42.5 Å². The number of benzene rings is 2. The number of fused-ring (bicyclic) bond motifs is 2. The van der Waals surface area contributed by atoms with Gasteiger partial charge < -0.3 is 5.32 Å². The highest BCUT2D eigenvalue weighted by Crippen LogP contribution is 2.30. The molecule has 0 atom stereocenters. The molecule has 3 rings (SSSR count). The minimum absolute atomic E-state index is 0.0844. The maximum absolute atomic E-state index is 11.4. The number of hydrogen-bond donors (Lipinski definition) is 1. The van der Waals surface area contributed by atoms with Gasteiger partial charge in [-0.2, -0.15) is 0 Å². The average Bonchev–Trinajstić information content (AvgIpc) is 2.56. The molecule has 0 saturated carbocycles. The molecule has 0 radical (unpaired) electrons. The van der Waals surface area contributed by atoms with Gasteiger partial charge in [-0.3, -0.25) is 4.79 Å². The standard InChI is InChI=1S/C16H13NO/c1-11(18)14-9-8-13-7-6-12-4-2-3-5-15(12)17-16(13)10-14/h2-10,17H,1H3. The molecule has 2 aromatic rings. The van der Waals surface area contributed by atoms with E-state index in [2.05, 4.69) is 23.5 Å². The summed E-state index contributed by atoms with van der Waals surface area (Å²) in [6.45, 7) is 1.59. The summed E-state index contributed by atoms with van der Waals surface area (Å²) < 4.78 is 0. The third-order valence-electron chi connectivity index (χ3n) is 3.13. The molecule has 0 amide bonds. The Morgan fingerprint density at radius 1 is 0.944 bits per heavy atom. The van der Waals surface area contributed by atoms with Crippen LogP contribution >= 0.6 is 0 Å². The Bertz CT molecular complexity index is 656. The van der Waals surface area contributed by atoms with E-state index in [1.807, 2.05) is 36.4 Å². The molecule has 1 aliphatic heterocycles. The van der Waals surface area contributed by atoms with E-state index in [1.165, 1.54) is 0 Å². The topological polar surface area (TPSA) is 29.1 Å². The van der Waals surface area contributed by atoms with Crippen molar-refractivity contribution in [2.24, 2.45) is 0 Å². The Hall–Kier alpha value is -2.35. The van der Waals surface area contributed by atoms with Gasteiger partial charge in [-0.05, 0) is 30.2 Å². The highest BCUT2D eigenvalue weighted by atomic mass is 16.1. The molecule has 0 bridgehead atoms. The molecule has 0 aromatic heterocycles. The Balaban J connectivity index is 2.13. The van der Waals surface area contributed by atoms with Crippen molar-refractivity contribution in [2.45, 2.75) is 6.92 Å². The van der Waals surface area contributed by atoms with E-state index < -0.39 is 0 Å². The first-order valence-electron chi connectivity index (χ1n) is 5.93. The normalized spacial score (nSPS) is 12.1. The van der Waals surface area contributed by atoms with Crippen LogP contribution in [0, 0.1) is 0 Å². The molecular weight excluding hydrogens is 222 g/mol. The van der Waals surface area contributed by atoms with Crippen LogP contribution in [0.15, 0.2) is 42.5 Å². The zero-order valence-electron chi connectivity index (χ0n) is 10.1. The Kier molecular flexibility index (Phi) is 2.49. The molecule has 2 aromatic carbocycles. The monoisotopic (exact) mass is 235 g/mol. The van der Waals surface area contributed by atoms with Gasteiger partial charge in [-0.15, -0.1) is 0 Å². The lowest BCUT2D eigenvalue weighted by molar-refractivity contribution is 0.101. The van der Waals surface area contributed by atoms with E-state index in [1.54, 1.807) is 6.92 Å².